The summed E-state index contributed by atoms with van der Waals surface area (Å²) < 4.78 is 43.5. The second-order valence-corrected chi connectivity index (χ2v) is 7.16. The molecule has 0 saturated carbocycles. The van der Waals surface area contributed by atoms with E-state index in [-0.39, 0.29) is 17.0 Å². The topological polar surface area (TPSA) is 87.2 Å². The molecule has 156 valence electrons. The molecule has 0 fully saturated rings. The van der Waals surface area contributed by atoms with E-state index in [0.717, 1.165) is 0 Å². The van der Waals surface area contributed by atoms with E-state index < -0.39 is 42.8 Å². The quantitative estimate of drug-likeness (QED) is 0.788. The van der Waals surface area contributed by atoms with Gasteiger partial charge in [-0.1, -0.05) is 24.3 Å². The number of carboxylic acids is 1. The van der Waals surface area contributed by atoms with Gasteiger partial charge >= 0.3 is 24.1 Å². The fourth-order valence-corrected chi connectivity index (χ4v) is 2.27. The van der Waals surface area contributed by atoms with Gasteiger partial charge in [0.25, 0.3) is 0 Å². The first-order valence-electron chi connectivity index (χ1n) is 8.29. The van der Waals surface area contributed by atoms with Gasteiger partial charge in [-0.05, 0) is 31.9 Å². The van der Waals surface area contributed by atoms with Crippen LogP contribution in [-0.2, 0) is 27.4 Å². The average molecular weight is 404 g/mol. The number of benzene rings is 1. The maximum atomic E-state index is 12.8. The Hall–Kier alpha value is -2.78. The molecule has 1 aromatic rings. The Morgan fingerprint density at radius 3 is 1.96 bits per heavy atom. The summed E-state index contributed by atoms with van der Waals surface area (Å²) in [6.45, 7) is 3.42. The summed E-state index contributed by atoms with van der Waals surface area (Å²) >= 11 is 0. The van der Waals surface area contributed by atoms with E-state index in [0.29, 0.717) is 5.56 Å². The summed E-state index contributed by atoms with van der Waals surface area (Å²) in [7, 11) is 1.46. The number of ether oxygens (including phenoxy) is 1. The van der Waals surface area contributed by atoms with E-state index >= 15 is 0 Å². The Labute approximate surface area is 160 Å². The standard InChI is InChI=1S/C18H23F3N2O5/c1-17(2,3)28-16(27)22(4)9-12-7-5-6-8-13(12)10-23(11-14(24)25)15(26)18(19,20)21/h5-8H,9-11H2,1-4H3,(H,24,25). The summed E-state index contributed by atoms with van der Waals surface area (Å²) in [6, 6.07) is 6.21. The Morgan fingerprint density at radius 1 is 1.04 bits per heavy atom. The van der Waals surface area contributed by atoms with Crippen molar-refractivity contribution in [3.63, 3.8) is 0 Å². The third-order valence-corrected chi connectivity index (χ3v) is 3.45. The van der Waals surface area contributed by atoms with Crippen LogP contribution in [-0.4, -0.2) is 58.2 Å². The average Bonchev–Trinajstić information content (AvgIpc) is 2.52. The van der Waals surface area contributed by atoms with Crippen molar-refractivity contribution in [3.8, 4) is 0 Å². The fraction of sp³-hybridized carbons (Fsp3) is 0.500. The summed E-state index contributed by atoms with van der Waals surface area (Å²) in [6.07, 6.45) is -5.83. The molecule has 28 heavy (non-hydrogen) atoms. The molecule has 0 aliphatic carbocycles. The first-order valence-corrected chi connectivity index (χ1v) is 8.29. The highest BCUT2D eigenvalue weighted by Crippen LogP contribution is 2.22. The predicted octanol–water partition coefficient (Wildman–Crippen LogP) is 3.03. The lowest BCUT2D eigenvalue weighted by Crippen LogP contribution is -2.43. The molecule has 0 saturated heterocycles. The molecule has 0 spiro atoms. The summed E-state index contributed by atoms with van der Waals surface area (Å²) in [4.78, 5) is 36.0. The van der Waals surface area contributed by atoms with Crippen LogP contribution in [0.15, 0.2) is 24.3 Å². The lowest BCUT2D eigenvalue weighted by atomic mass is 10.1. The molecule has 2 amide bonds. The van der Waals surface area contributed by atoms with Crippen LogP contribution >= 0.6 is 0 Å². The molecule has 0 aliphatic rings. The second kappa shape index (κ2) is 8.94. The molecule has 1 rings (SSSR count). The van der Waals surface area contributed by atoms with Gasteiger partial charge in [-0.25, -0.2) is 4.79 Å². The highest BCUT2D eigenvalue weighted by Gasteiger charge is 2.43. The highest BCUT2D eigenvalue weighted by atomic mass is 19.4. The summed E-state index contributed by atoms with van der Waals surface area (Å²) in [5.74, 6) is -3.81. The van der Waals surface area contributed by atoms with Crippen LogP contribution in [0.1, 0.15) is 31.9 Å². The molecule has 7 nitrogen and oxygen atoms in total. The Bertz CT molecular complexity index is 729. The number of carbonyl (C=O) groups is 3. The zero-order chi connectivity index (χ0) is 21.7. The van der Waals surface area contributed by atoms with E-state index in [9.17, 15) is 27.6 Å². The minimum Gasteiger partial charge on any atom is -0.480 e. The van der Waals surface area contributed by atoms with Gasteiger partial charge in [-0.2, -0.15) is 13.2 Å². The largest absolute Gasteiger partial charge is 0.480 e. The van der Waals surface area contributed by atoms with Gasteiger partial charge in [0.1, 0.15) is 12.1 Å². The number of aliphatic carboxylic acids is 1. The van der Waals surface area contributed by atoms with Crippen LogP contribution in [0.25, 0.3) is 0 Å². The monoisotopic (exact) mass is 404 g/mol. The molecule has 0 atom stereocenters. The number of carboxylic acid groups (broad SMARTS) is 1. The number of nitrogens with zero attached hydrogens (tertiary/aromatic N) is 2. The number of halogens is 3. The molecule has 0 aliphatic heterocycles. The van der Waals surface area contributed by atoms with Gasteiger partial charge in [-0.3, -0.25) is 9.59 Å². The first-order chi connectivity index (χ1) is 12.7. The van der Waals surface area contributed by atoms with Crippen molar-refractivity contribution < 1.29 is 37.4 Å². The third kappa shape index (κ3) is 7.45. The Morgan fingerprint density at radius 2 is 1.54 bits per heavy atom. The third-order valence-electron chi connectivity index (χ3n) is 3.45. The van der Waals surface area contributed by atoms with Gasteiger partial charge in [-0.15, -0.1) is 0 Å². The molecule has 10 heteroatoms. The van der Waals surface area contributed by atoms with Gasteiger partial charge < -0.3 is 19.6 Å². The Balaban J connectivity index is 3.04. The van der Waals surface area contributed by atoms with Crippen LogP contribution < -0.4 is 0 Å². The van der Waals surface area contributed by atoms with E-state index in [2.05, 4.69) is 0 Å². The van der Waals surface area contributed by atoms with Crippen molar-refractivity contribution in [1.29, 1.82) is 0 Å². The van der Waals surface area contributed by atoms with Crippen molar-refractivity contribution in [2.24, 2.45) is 0 Å². The molecule has 0 heterocycles. The van der Waals surface area contributed by atoms with E-state index in [1.54, 1.807) is 39.0 Å². The van der Waals surface area contributed by atoms with Crippen molar-refractivity contribution >= 4 is 18.0 Å². The van der Waals surface area contributed by atoms with Gasteiger partial charge in [0, 0.05) is 20.1 Å². The smallest absolute Gasteiger partial charge is 0.471 e. The van der Waals surface area contributed by atoms with Crippen LogP contribution in [0.2, 0.25) is 0 Å². The number of alkyl halides is 3. The molecular weight excluding hydrogens is 381 g/mol. The molecule has 0 bridgehead atoms. The Kier molecular flexibility index (Phi) is 7.43. The summed E-state index contributed by atoms with van der Waals surface area (Å²) in [5, 5.41) is 8.84. The predicted molar refractivity (Wildman–Crippen MR) is 93.3 cm³/mol. The number of carbonyl (C=O) groups excluding carboxylic acids is 2. The molecular formula is C18H23F3N2O5. The van der Waals surface area contributed by atoms with Crippen LogP contribution in [0.4, 0.5) is 18.0 Å². The second-order valence-electron chi connectivity index (χ2n) is 7.16. The van der Waals surface area contributed by atoms with Crippen LogP contribution in [0, 0.1) is 0 Å². The maximum absolute atomic E-state index is 12.8. The van der Waals surface area contributed by atoms with Crippen LogP contribution in [0.3, 0.4) is 0 Å². The minimum absolute atomic E-state index is 0.00616. The van der Waals surface area contributed by atoms with Crippen molar-refractivity contribution in [2.75, 3.05) is 13.6 Å². The van der Waals surface area contributed by atoms with E-state index in [4.69, 9.17) is 9.84 Å². The fourth-order valence-electron chi connectivity index (χ4n) is 2.27. The number of rotatable bonds is 6. The lowest BCUT2D eigenvalue weighted by Gasteiger charge is -2.26. The zero-order valence-corrected chi connectivity index (χ0v) is 16.0. The molecule has 1 aromatic carbocycles. The highest BCUT2D eigenvalue weighted by molar-refractivity contribution is 5.85. The van der Waals surface area contributed by atoms with Gasteiger partial charge in [0.2, 0.25) is 0 Å². The lowest BCUT2D eigenvalue weighted by molar-refractivity contribution is -0.187. The molecule has 1 N–H and O–H groups in total. The van der Waals surface area contributed by atoms with E-state index in [1.165, 1.54) is 18.0 Å². The molecule has 0 aromatic heterocycles. The number of amides is 2. The normalized spacial score (nSPS) is 11.7. The SMILES string of the molecule is CN(Cc1ccccc1CN(CC(=O)O)C(=O)C(F)(F)F)C(=O)OC(C)(C)C. The minimum atomic E-state index is -5.20. The number of hydrogen-bond donors (Lipinski definition) is 1. The molecule has 0 unspecified atom stereocenters. The molecule has 0 radical (unpaired) electrons. The van der Waals surface area contributed by atoms with Gasteiger partial charge in [0.15, 0.2) is 0 Å². The van der Waals surface area contributed by atoms with Crippen molar-refractivity contribution in [1.82, 2.24) is 9.80 Å². The van der Waals surface area contributed by atoms with Crippen LogP contribution in [0.5, 0.6) is 0 Å². The zero-order valence-electron chi connectivity index (χ0n) is 16.0. The van der Waals surface area contributed by atoms with Crippen molar-refractivity contribution in [2.45, 2.75) is 45.6 Å². The van der Waals surface area contributed by atoms with E-state index in [1.807, 2.05) is 0 Å². The van der Waals surface area contributed by atoms with Crippen molar-refractivity contribution in [3.05, 3.63) is 35.4 Å². The first kappa shape index (κ1) is 23.3. The number of hydrogen-bond acceptors (Lipinski definition) is 4. The van der Waals surface area contributed by atoms with Gasteiger partial charge in [0.05, 0.1) is 0 Å². The maximum Gasteiger partial charge on any atom is 0.471 e. The summed E-state index contributed by atoms with van der Waals surface area (Å²) in [5.41, 5.74) is 0.0282.